The number of hydrogen-bond acceptors (Lipinski definition) is 4. The fourth-order valence-corrected chi connectivity index (χ4v) is 2.73. The summed E-state index contributed by atoms with van der Waals surface area (Å²) in [5.74, 6) is 0.674. The molecule has 4 rings (SSSR count). The zero-order valence-corrected chi connectivity index (χ0v) is 14.9. The molecular weight excluding hydrogens is 364 g/mol. The number of hydrogen-bond donors (Lipinski definition) is 1. The fourth-order valence-electron chi connectivity index (χ4n) is 2.60. The lowest BCUT2D eigenvalue weighted by atomic mass is 10.2. The van der Waals surface area contributed by atoms with Crippen LogP contribution in [0, 0.1) is 0 Å². The van der Waals surface area contributed by atoms with E-state index in [-0.39, 0.29) is 5.91 Å². The summed E-state index contributed by atoms with van der Waals surface area (Å²) in [6.07, 6.45) is 4.55. The summed E-state index contributed by atoms with van der Waals surface area (Å²) in [6.45, 7) is 0.522. The Bertz CT molecular complexity index is 1080. The molecule has 0 atom stereocenters. The summed E-state index contributed by atoms with van der Waals surface area (Å²) in [5, 5.41) is 7.73. The molecule has 0 saturated carbocycles. The Morgan fingerprint density at radius 2 is 1.96 bits per heavy atom. The highest BCUT2D eigenvalue weighted by atomic mass is 35.5. The molecule has 134 valence electrons. The lowest BCUT2D eigenvalue weighted by molar-refractivity contribution is -0.111. The van der Waals surface area contributed by atoms with Crippen LogP contribution in [0.25, 0.3) is 17.2 Å². The Morgan fingerprint density at radius 3 is 2.78 bits per heavy atom. The second kappa shape index (κ2) is 7.47. The van der Waals surface area contributed by atoms with Gasteiger partial charge in [-0.1, -0.05) is 35.9 Å². The van der Waals surface area contributed by atoms with E-state index < -0.39 is 0 Å². The third-order valence-electron chi connectivity index (χ3n) is 3.90. The molecule has 1 amide bonds. The molecule has 0 unspecified atom stereocenters. The number of rotatable bonds is 5. The molecule has 7 heteroatoms. The number of carbonyl (C=O) groups excluding carboxylic acids is 1. The highest BCUT2D eigenvalue weighted by Gasteiger charge is 2.07. The second-order valence-electron chi connectivity index (χ2n) is 5.84. The van der Waals surface area contributed by atoms with Crippen molar-refractivity contribution in [3.8, 4) is 0 Å². The van der Waals surface area contributed by atoms with Crippen molar-refractivity contribution in [3.05, 3.63) is 83.3 Å². The van der Waals surface area contributed by atoms with Gasteiger partial charge < -0.3 is 9.73 Å². The number of aromatic nitrogens is 3. The Kier molecular flexibility index (Phi) is 4.72. The standard InChI is InChI=1S/C20H15ClN4O2/c21-15-7-5-14(6-8-15)13-25-18(11-12-22-25)24-19(26)9-10-20-23-16-3-1-2-4-17(16)27-20/h1-12H,13H2,(H,24,26)/b10-9+. The number of nitrogens with zero attached hydrogens (tertiary/aromatic N) is 3. The summed E-state index contributed by atoms with van der Waals surface area (Å²) < 4.78 is 7.26. The highest BCUT2D eigenvalue weighted by Crippen LogP contribution is 2.16. The van der Waals surface area contributed by atoms with Crippen LogP contribution in [0.5, 0.6) is 0 Å². The maximum atomic E-state index is 12.2. The zero-order chi connectivity index (χ0) is 18.6. The predicted molar refractivity (Wildman–Crippen MR) is 104 cm³/mol. The summed E-state index contributed by atoms with van der Waals surface area (Å²) in [7, 11) is 0. The first-order chi connectivity index (χ1) is 13.2. The lowest BCUT2D eigenvalue weighted by Crippen LogP contribution is -2.13. The van der Waals surface area contributed by atoms with Crippen LogP contribution in [0.2, 0.25) is 5.02 Å². The molecule has 4 aromatic rings. The van der Waals surface area contributed by atoms with E-state index in [1.165, 1.54) is 12.2 Å². The summed E-state index contributed by atoms with van der Waals surface area (Å²) in [4.78, 5) is 16.5. The number of oxazole rings is 1. The van der Waals surface area contributed by atoms with Crippen LogP contribution >= 0.6 is 11.6 Å². The molecule has 0 aliphatic heterocycles. The van der Waals surface area contributed by atoms with E-state index in [4.69, 9.17) is 16.0 Å². The molecule has 2 aromatic carbocycles. The summed E-state index contributed by atoms with van der Waals surface area (Å²) in [5.41, 5.74) is 2.46. The van der Waals surface area contributed by atoms with Crippen LogP contribution in [0.4, 0.5) is 5.82 Å². The maximum absolute atomic E-state index is 12.2. The fraction of sp³-hybridized carbons (Fsp3) is 0.0500. The normalized spacial score (nSPS) is 11.3. The predicted octanol–water partition coefficient (Wildman–Crippen LogP) is 4.38. The number of fused-ring (bicyclic) bond motifs is 1. The molecule has 6 nitrogen and oxygen atoms in total. The third-order valence-corrected chi connectivity index (χ3v) is 4.15. The average Bonchev–Trinajstić information content (AvgIpc) is 3.28. The van der Waals surface area contributed by atoms with Crippen molar-refractivity contribution in [2.75, 3.05) is 5.32 Å². The van der Waals surface area contributed by atoms with Crippen molar-refractivity contribution in [2.24, 2.45) is 0 Å². The summed E-state index contributed by atoms with van der Waals surface area (Å²) in [6, 6.07) is 16.7. The molecule has 0 spiro atoms. The van der Waals surface area contributed by atoms with Gasteiger partial charge in [0.25, 0.3) is 0 Å². The monoisotopic (exact) mass is 378 g/mol. The number of halogens is 1. The SMILES string of the molecule is O=C(/C=C/c1nc2ccccc2o1)Nc1ccnn1Cc1ccc(Cl)cc1. The molecule has 0 bridgehead atoms. The van der Waals surface area contributed by atoms with Gasteiger partial charge in [0.2, 0.25) is 11.8 Å². The first kappa shape index (κ1) is 17.1. The number of benzene rings is 2. The molecule has 0 fully saturated rings. The maximum Gasteiger partial charge on any atom is 0.249 e. The third kappa shape index (κ3) is 4.07. The topological polar surface area (TPSA) is 73.0 Å². The van der Waals surface area contributed by atoms with Gasteiger partial charge in [0.05, 0.1) is 12.7 Å². The molecule has 0 aliphatic carbocycles. The van der Waals surface area contributed by atoms with Gasteiger partial charge in [-0.15, -0.1) is 0 Å². The van der Waals surface area contributed by atoms with Gasteiger partial charge in [-0.25, -0.2) is 9.67 Å². The van der Waals surface area contributed by atoms with Gasteiger partial charge in [0, 0.05) is 23.2 Å². The number of amides is 1. The first-order valence-electron chi connectivity index (χ1n) is 8.28. The van der Waals surface area contributed by atoms with E-state index in [1.54, 1.807) is 16.9 Å². The smallest absolute Gasteiger partial charge is 0.249 e. The molecule has 2 heterocycles. The van der Waals surface area contributed by atoms with Crippen molar-refractivity contribution >= 4 is 40.5 Å². The van der Waals surface area contributed by atoms with Crippen molar-refractivity contribution in [1.29, 1.82) is 0 Å². The van der Waals surface area contributed by atoms with Gasteiger partial charge in [-0.05, 0) is 29.8 Å². The van der Waals surface area contributed by atoms with E-state index in [0.29, 0.717) is 28.9 Å². The van der Waals surface area contributed by atoms with Gasteiger partial charge in [0.15, 0.2) is 5.58 Å². The number of carbonyl (C=O) groups is 1. The molecule has 0 saturated heterocycles. The molecule has 1 N–H and O–H groups in total. The van der Waals surface area contributed by atoms with Crippen molar-refractivity contribution in [2.45, 2.75) is 6.54 Å². The van der Waals surface area contributed by atoms with Crippen molar-refractivity contribution < 1.29 is 9.21 Å². The van der Waals surface area contributed by atoms with Crippen LogP contribution in [0.15, 0.2) is 71.3 Å². The van der Waals surface area contributed by atoms with Gasteiger partial charge in [-0.3, -0.25) is 4.79 Å². The van der Waals surface area contributed by atoms with Crippen molar-refractivity contribution in [3.63, 3.8) is 0 Å². The van der Waals surface area contributed by atoms with Crippen LogP contribution in [-0.4, -0.2) is 20.7 Å². The minimum absolute atomic E-state index is 0.296. The minimum Gasteiger partial charge on any atom is -0.437 e. The molecule has 2 aromatic heterocycles. The van der Waals surface area contributed by atoms with E-state index in [1.807, 2.05) is 48.5 Å². The number of nitrogens with one attached hydrogen (secondary N) is 1. The Morgan fingerprint density at radius 1 is 1.15 bits per heavy atom. The minimum atomic E-state index is -0.296. The molecular formula is C20H15ClN4O2. The van der Waals surface area contributed by atoms with E-state index >= 15 is 0 Å². The van der Waals surface area contributed by atoms with E-state index in [0.717, 1.165) is 11.1 Å². The largest absolute Gasteiger partial charge is 0.437 e. The van der Waals surface area contributed by atoms with E-state index in [9.17, 15) is 4.79 Å². The molecule has 0 aliphatic rings. The Balaban J connectivity index is 1.43. The Hall–Kier alpha value is -3.38. The van der Waals surface area contributed by atoms with Gasteiger partial charge in [-0.2, -0.15) is 5.10 Å². The van der Waals surface area contributed by atoms with Crippen molar-refractivity contribution in [1.82, 2.24) is 14.8 Å². The number of anilines is 1. The Labute approximate surface area is 160 Å². The van der Waals surface area contributed by atoms with Gasteiger partial charge >= 0.3 is 0 Å². The van der Waals surface area contributed by atoms with Gasteiger partial charge in [0.1, 0.15) is 11.3 Å². The lowest BCUT2D eigenvalue weighted by Gasteiger charge is -2.08. The molecule has 27 heavy (non-hydrogen) atoms. The average molecular weight is 379 g/mol. The van der Waals surface area contributed by atoms with Crippen LogP contribution in [0.3, 0.4) is 0 Å². The quantitative estimate of drug-likeness (QED) is 0.523. The zero-order valence-electron chi connectivity index (χ0n) is 14.2. The van der Waals surface area contributed by atoms with Crippen LogP contribution < -0.4 is 5.32 Å². The molecule has 0 radical (unpaired) electrons. The second-order valence-corrected chi connectivity index (χ2v) is 6.28. The van der Waals surface area contributed by atoms with Crippen LogP contribution in [-0.2, 0) is 11.3 Å². The first-order valence-corrected chi connectivity index (χ1v) is 8.66. The van der Waals surface area contributed by atoms with Crippen LogP contribution in [0.1, 0.15) is 11.5 Å². The van der Waals surface area contributed by atoms with E-state index in [2.05, 4.69) is 15.4 Å². The summed E-state index contributed by atoms with van der Waals surface area (Å²) >= 11 is 5.90. The number of para-hydroxylation sites is 2. The highest BCUT2D eigenvalue weighted by molar-refractivity contribution is 6.30.